The highest BCUT2D eigenvalue weighted by molar-refractivity contribution is 5.96. The molecule has 0 saturated carbocycles. The molecule has 2 heterocycles. The van der Waals surface area contributed by atoms with Crippen molar-refractivity contribution in [3.8, 4) is 0 Å². The van der Waals surface area contributed by atoms with E-state index in [0.717, 1.165) is 25.5 Å². The Balaban J connectivity index is 1.81. The van der Waals surface area contributed by atoms with E-state index in [1.54, 1.807) is 0 Å². The zero-order chi connectivity index (χ0) is 14.2. The normalized spacial score (nSPS) is 14.4. The Morgan fingerprint density at radius 3 is 2.76 bits per heavy atom. The molecular weight excluding hydrogens is 262 g/mol. The molecule has 5 heteroatoms. The van der Waals surface area contributed by atoms with Crippen molar-refractivity contribution < 1.29 is 0 Å². The quantitative estimate of drug-likeness (QED) is 0.778. The molecule has 0 fully saturated rings. The summed E-state index contributed by atoms with van der Waals surface area (Å²) in [5.74, 6) is 1.02. The van der Waals surface area contributed by atoms with Gasteiger partial charge in [0.2, 0.25) is 0 Å². The van der Waals surface area contributed by atoms with E-state index in [4.69, 9.17) is 5.73 Å². The number of hydrogen-bond donors (Lipinski definition) is 1. The second-order valence-electron chi connectivity index (χ2n) is 5.36. The summed E-state index contributed by atoms with van der Waals surface area (Å²) in [5.41, 5.74) is 8.30. The van der Waals surface area contributed by atoms with E-state index >= 15 is 0 Å². The van der Waals surface area contributed by atoms with Crippen molar-refractivity contribution in [2.75, 3.05) is 11.4 Å². The van der Waals surface area contributed by atoms with Crippen LogP contribution in [0.4, 0.5) is 5.69 Å². The van der Waals surface area contributed by atoms with Gasteiger partial charge in [-0.2, -0.15) is 0 Å². The molecule has 5 nitrogen and oxygen atoms in total. The van der Waals surface area contributed by atoms with Gasteiger partial charge in [-0.05, 0) is 17.0 Å². The Morgan fingerprint density at radius 1 is 1.05 bits per heavy atom. The van der Waals surface area contributed by atoms with E-state index in [1.807, 2.05) is 6.33 Å². The summed E-state index contributed by atoms with van der Waals surface area (Å²) in [7, 11) is 0. The average molecular weight is 279 g/mol. The molecule has 0 saturated heterocycles. The molecule has 3 aromatic rings. The first-order valence-electron chi connectivity index (χ1n) is 7.19. The molecule has 1 aromatic heterocycles. The number of hydrogen-bond acceptors (Lipinski definition) is 4. The van der Waals surface area contributed by atoms with E-state index in [0.29, 0.717) is 6.54 Å². The second kappa shape index (κ2) is 4.86. The molecule has 0 radical (unpaired) electrons. The van der Waals surface area contributed by atoms with Crippen LogP contribution in [0.25, 0.3) is 10.8 Å². The van der Waals surface area contributed by atoms with E-state index < -0.39 is 0 Å². The second-order valence-corrected chi connectivity index (χ2v) is 5.36. The van der Waals surface area contributed by atoms with Gasteiger partial charge >= 0.3 is 0 Å². The lowest BCUT2D eigenvalue weighted by Gasteiger charge is -2.30. The van der Waals surface area contributed by atoms with E-state index in [9.17, 15) is 0 Å². The van der Waals surface area contributed by atoms with Crippen LogP contribution in [0.2, 0.25) is 0 Å². The van der Waals surface area contributed by atoms with Gasteiger partial charge in [-0.3, -0.25) is 0 Å². The van der Waals surface area contributed by atoms with Crippen LogP contribution in [0.1, 0.15) is 11.4 Å². The fourth-order valence-corrected chi connectivity index (χ4v) is 3.07. The summed E-state index contributed by atoms with van der Waals surface area (Å²) >= 11 is 0. The third kappa shape index (κ3) is 1.97. The van der Waals surface area contributed by atoms with Crippen molar-refractivity contribution >= 4 is 16.5 Å². The zero-order valence-corrected chi connectivity index (χ0v) is 11.7. The van der Waals surface area contributed by atoms with Gasteiger partial charge in [0, 0.05) is 30.7 Å². The third-order valence-electron chi connectivity index (χ3n) is 4.19. The molecule has 106 valence electrons. The number of aromatic nitrogens is 3. The summed E-state index contributed by atoms with van der Waals surface area (Å²) in [6.07, 6.45) is 1.81. The number of nitrogens with two attached hydrogens (primary N) is 1. The minimum absolute atomic E-state index is 0.565. The van der Waals surface area contributed by atoms with Crippen LogP contribution in [0.15, 0.2) is 42.7 Å². The van der Waals surface area contributed by atoms with Gasteiger partial charge in [0.1, 0.15) is 6.33 Å². The summed E-state index contributed by atoms with van der Waals surface area (Å²) in [6.45, 7) is 3.26. The maximum absolute atomic E-state index is 5.86. The molecule has 1 aliphatic heterocycles. The summed E-state index contributed by atoms with van der Waals surface area (Å²) < 4.78 is 2.12. The van der Waals surface area contributed by atoms with Crippen molar-refractivity contribution in [2.45, 2.75) is 19.6 Å². The zero-order valence-electron chi connectivity index (χ0n) is 11.7. The summed E-state index contributed by atoms with van der Waals surface area (Å²) in [4.78, 5) is 2.37. The topological polar surface area (TPSA) is 60.0 Å². The summed E-state index contributed by atoms with van der Waals surface area (Å²) in [6, 6.07) is 12.8. The van der Waals surface area contributed by atoms with Gasteiger partial charge in [0.15, 0.2) is 5.82 Å². The first-order valence-corrected chi connectivity index (χ1v) is 7.19. The van der Waals surface area contributed by atoms with Crippen LogP contribution in [0, 0.1) is 0 Å². The van der Waals surface area contributed by atoms with Gasteiger partial charge in [-0.25, -0.2) is 0 Å². The number of nitrogens with zero attached hydrogens (tertiary/aromatic N) is 4. The van der Waals surface area contributed by atoms with E-state index in [1.165, 1.54) is 22.0 Å². The molecule has 0 spiro atoms. The van der Waals surface area contributed by atoms with Crippen molar-refractivity contribution in [1.29, 1.82) is 0 Å². The molecule has 0 aliphatic carbocycles. The molecule has 2 N–H and O–H groups in total. The largest absolute Gasteiger partial charge is 0.362 e. The van der Waals surface area contributed by atoms with Gasteiger partial charge < -0.3 is 15.2 Å². The lowest BCUT2D eigenvalue weighted by Crippen LogP contribution is -2.33. The van der Waals surface area contributed by atoms with Crippen molar-refractivity contribution in [3.63, 3.8) is 0 Å². The van der Waals surface area contributed by atoms with E-state index in [-0.39, 0.29) is 0 Å². The van der Waals surface area contributed by atoms with Gasteiger partial charge in [0.05, 0.1) is 6.54 Å². The minimum atomic E-state index is 0.565. The van der Waals surface area contributed by atoms with Crippen LogP contribution in [0.5, 0.6) is 0 Å². The monoisotopic (exact) mass is 279 g/mol. The molecule has 0 atom stereocenters. The highest BCUT2D eigenvalue weighted by atomic mass is 15.3. The van der Waals surface area contributed by atoms with Crippen LogP contribution >= 0.6 is 0 Å². The molecule has 0 unspecified atom stereocenters. The standard InChI is InChI=1S/C16H17N5/c17-9-12-5-6-15(14-4-2-1-3-13(12)14)20-7-8-21-11-18-19-16(21)10-20/h1-6,11H,7-10,17H2. The predicted molar refractivity (Wildman–Crippen MR) is 82.9 cm³/mol. The average Bonchev–Trinajstić information content (AvgIpc) is 3.01. The summed E-state index contributed by atoms with van der Waals surface area (Å²) in [5, 5.41) is 10.7. The van der Waals surface area contributed by atoms with Crippen molar-refractivity contribution in [2.24, 2.45) is 5.73 Å². The SMILES string of the molecule is NCc1ccc(N2CCn3cnnc3C2)c2ccccc12. The van der Waals surface area contributed by atoms with Crippen LogP contribution in [0.3, 0.4) is 0 Å². The molecular formula is C16H17N5. The number of anilines is 1. The minimum Gasteiger partial charge on any atom is -0.362 e. The van der Waals surface area contributed by atoms with Gasteiger partial charge in [-0.15, -0.1) is 10.2 Å². The smallest absolute Gasteiger partial charge is 0.152 e. The first-order chi connectivity index (χ1) is 10.4. The maximum atomic E-state index is 5.86. The fourth-order valence-electron chi connectivity index (χ4n) is 3.07. The fraction of sp³-hybridized carbons (Fsp3) is 0.250. The highest BCUT2D eigenvalue weighted by Crippen LogP contribution is 2.31. The van der Waals surface area contributed by atoms with Crippen LogP contribution in [-0.4, -0.2) is 21.3 Å². The predicted octanol–water partition coefficient (Wildman–Crippen LogP) is 1.91. The highest BCUT2D eigenvalue weighted by Gasteiger charge is 2.19. The Labute approximate surface area is 123 Å². The van der Waals surface area contributed by atoms with Gasteiger partial charge in [0.25, 0.3) is 0 Å². The Hall–Kier alpha value is -2.40. The lowest BCUT2D eigenvalue weighted by molar-refractivity contribution is 0.561. The Morgan fingerprint density at radius 2 is 1.90 bits per heavy atom. The number of rotatable bonds is 2. The Bertz CT molecular complexity index is 792. The Kier molecular flexibility index (Phi) is 2.86. The first kappa shape index (κ1) is 12.3. The van der Waals surface area contributed by atoms with Gasteiger partial charge in [-0.1, -0.05) is 30.3 Å². The molecule has 0 amide bonds. The maximum Gasteiger partial charge on any atom is 0.152 e. The number of benzene rings is 2. The lowest BCUT2D eigenvalue weighted by atomic mass is 10.0. The molecule has 1 aliphatic rings. The molecule has 21 heavy (non-hydrogen) atoms. The molecule has 4 rings (SSSR count). The molecule has 0 bridgehead atoms. The molecule has 2 aromatic carbocycles. The number of fused-ring (bicyclic) bond motifs is 2. The third-order valence-corrected chi connectivity index (χ3v) is 4.19. The van der Waals surface area contributed by atoms with Crippen LogP contribution < -0.4 is 10.6 Å². The van der Waals surface area contributed by atoms with Crippen molar-refractivity contribution in [1.82, 2.24) is 14.8 Å². The van der Waals surface area contributed by atoms with Crippen molar-refractivity contribution in [3.05, 3.63) is 54.1 Å². The van der Waals surface area contributed by atoms with Crippen LogP contribution in [-0.2, 0) is 19.6 Å². The van der Waals surface area contributed by atoms with E-state index in [2.05, 4.69) is 56.1 Å².